The molecule has 0 radical (unpaired) electrons. The minimum atomic E-state index is 0.900. The van der Waals surface area contributed by atoms with Crippen LogP contribution in [0.1, 0.15) is 47.0 Å². The van der Waals surface area contributed by atoms with Gasteiger partial charge in [-0.05, 0) is 36.5 Å². The summed E-state index contributed by atoms with van der Waals surface area (Å²) in [5, 5.41) is 0. The van der Waals surface area contributed by atoms with Crippen LogP contribution >= 0.6 is 0 Å². The maximum Gasteiger partial charge on any atom is -0.0365 e. The fraction of sp³-hybridized carbons (Fsp3) is 1.00. The van der Waals surface area contributed by atoms with Gasteiger partial charge in [-0.3, -0.25) is 0 Å². The average Bonchev–Trinajstić information content (AvgIpc) is 1.85. The Morgan fingerprint density at radius 2 is 1.73 bits per heavy atom. The van der Waals surface area contributed by atoms with Crippen molar-refractivity contribution >= 4 is 0 Å². The highest BCUT2D eigenvalue weighted by Crippen LogP contribution is 2.37. The van der Waals surface area contributed by atoms with Gasteiger partial charge in [0.2, 0.25) is 0 Å². The van der Waals surface area contributed by atoms with Gasteiger partial charge < -0.3 is 0 Å². The van der Waals surface area contributed by atoms with Crippen LogP contribution < -0.4 is 0 Å². The molecule has 66 valence electrons. The summed E-state index contributed by atoms with van der Waals surface area (Å²) in [5.74, 6) is 3.86. The second-order valence-electron chi connectivity index (χ2n) is 4.80. The van der Waals surface area contributed by atoms with Gasteiger partial charge in [0.05, 0.1) is 0 Å². The maximum atomic E-state index is 2.43. The van der Waals surface area contributed by atoms with Gasteiger partial charge >= 0.3 is 0 Å². The van der Waals surface area contributed by atoms with Crippen LogP contribution in [0.25, 0.3) is 0 Å². The maximum absolute atomic E-state index is 2.43. The van der Waals surface area contributed by atoms with E-state index in [1.165, 1.54) is 19.3 Å². The first-order valence-corrected chi connectivity index (χ1v) is 5.11. The standard InChI is InChI=1S/C11H22/c1-8(2)11-6-5-9(3)7-10(11)4/h8-11H,5-7H2,1-4H3/t9?,10-,11+/m1/s1. The first-order valence-electron chi connectivity index (χ1n) is 5.11. The lowest BCUT2D eigenvalue weighted by Gasteiger charge is -2.35. The van der Waals surface area contributed by atoms with E-state index in [9.17, 15) is 0 Å². The Hall–Kier alpha value is 0. The predicted octanol–water partition coefficient (Wildman–Crippen LogP) is 3.71. The summed E-state index contributed by atoms with van der Waals surface area (Å²) in [6.07, 6.45) is 4.40. The molecule has 1 saturated carbocycles. The van der Waals surface area contributed by atoms with Crippen LogP contribution in [-0.4, -0.2) is 0 Å². The molecule has 0 heteroatoms. The molecule has 0 nitrogen and oxygen atoms in total. The third kappa shape index (κ3) is 2.21. The monoisotopic (exact) mass is 154 g/mol. The third-order valence-corrected chi connectivity index (χ3v) is 3.35. The highest BCUT2D eigenvalue weighted by molar-refractivity contribution is 4.77. The van der Waals surface area contributed by atoms with E-state index >= 15 is 0 Å². The van der Waals surface area contributed by atoms with Crippen LogP contribution in [0.4, 0.5) is 0 Å². The molecule has 0 bridgehead atoms. The Balaban J connectivity index is 2.44. The summed E-state index contributed by atoms with van der Waals surface area (Å²) in [6.45, 7) is 9.57. The molecular formula is C11H22. The molecule has 0 N–H and O–H groups in total. The summed E-state index contributed by atoms with van der Waals surface area (Å²) in [7, 11) is 0. The minimum Gasteiger partial charge on any atom is -0.0625 e. The summed E-state index contributed by atoms with van der Waals surface area (Å²) < 4.78 is 0. The Morgan fingerprint density at radius 3 is 2.18 bits per heavy atom. The molecule has 1 aliphatic carbocycles. The fourth-order valence-electron chi connectivity index (χ4n) is 2.68. The van der Waals surface area contributed by atoms with Crippen molar-refractivity contribution in [1.82, 2.24) is 0 Å². The minimum absolute atomic E-state index is 0.900. The second kappa shape index (κ2) is 3.60. The molecular weight excluding hydrogens is 132 g/mol. The zero-order chi connectivity index (χ0) is 8.43. The lowest BCUT2D eigenvalue weighted by molar-refractivity contribution is 0.158. The summed E-state index contributed by atoms with van der Waals surface area (Å²) in [5.41, 5.74) is 0. The molecule has 11 heavy (non-hydrogen) atoms. The van der Waals surface area contributed by atoms with Crippen molar-refractivity contribution in [1.29, 1.82) is 0 Å². The van der Waals surface area contributed by atoms with E-state index in [0.717, 1.165) is 23.7 Å². The molecule has 3 atom stereocenters. The van der Waals surface area contributed by atoms with E-state index < -0.39 is 0 Å². The summed E-state index contributed by atoms with van der Waals surface area (Å²) >= 11 is 0. The lowest BCUT2D eigenvalue weighted by atomic mass is 9.71. The van der Waals surface area contributed by atoms with E-state index in [4.69, 9.17) is 0 Å². The third-order valence-electron chi connectivity index (χ3n) is 3.35. The summed E-state index contributed by atoms with van der Waals surface area (Å²) in [4.78, 5) is 0. The first-order chi connectivity index (χ1) is 5.11. The topological polar surface area (TPSA) is 0 Å². The average molecular weight is 154 g/mol. The van der Waals surface area contributed by atoms with Gasteiger partial charge in [-0.2, -0.15) is 0 Å². The molecule has 0 heterocycles. The smallest absolute Gasteiger partial charge is 0.0365 e. The van der Waals surface area contributed by atoms with E-state index in [1.54, 1.807) is 0 Å². The van der Waals surface area contributed by atoms with Gasteiger partial charge in [0.1, 0.15) is 0 Å². The van der Waals surface area contributed by atoms with Crippen LogP contribution in [0.15, 0.2) is 0 Å². The van der Waals surface area contributed by atoms with Crippen LogP contribution in [0, 0.1) is 23.7 Å². The van der Waals surface area contributed by atoms with Crippen molar-refractivity contribution in [2.75, 3.05) is 0 Å². The largest absolute Gasteiger partial charge is 0.0625 e. The van der Waals surface area contributed by atoms with Crippen molar-refractivity contribution in [2.24, 2.45) is 23.7 Å². The van der Waals surface area contributed by atoms with E-state index in [-0.39, 0.29) is 0 Å². The quantitative estimate of drug-likeness (QED) is 0.540. The molecule has 1 rings (SSSR count). The predicted molar refractivity (Wildman–Crippen MR) is 50.5 cm³/mol. The number of hydrogen-bond donors (Lipinski definition) is 0. The van der Waals surface area contributed by atoms with Gasteiger partial charge in [-0.15, -0.1) is 0 Å². The molecule has 0 aromatic carbocycles. The second-order valence-corrected chi connectivity index (χ2v) is 4.80. The Bertz CT molecular complexity index is 115. The molecule has 1 fully saturated rings. The Kier molecular flexibility index (Phi) is 2.98. The highest BCUT2D eigenvalue weighted by Gasteiger charge is 2.26. The molecule has 0 aliphatic heterocycles. The van der Waals surface area contributed by atoms with Crippen molar-refractivity contribution < 1.29 is 0 Å². The number of rotatable bonds is 1. The van der Waals surface area contributed by atoms with Gasteiger partial charge in [0.15, 0.2) is 0 Å². The van der Waals surface area contributed by atoms with Crippen molar-refractivity contribution in [3.63, 3.8) is 0 Å². The normalized spacial score (nSPS) is 39.5. The summed E-state index contributed by atoms with van der Waals surface area (Å²) in [6, 6.07) is 0. The molecule has 0 spiro atoms. The van der Waals surface area contributed by atoms with E-state index in [2.05, 4.69) is 27.7 Å². The highest BCUT2D eigenvalue weighted by atomic mass is 14.3. The van der Waals surface area contributed by atoms with Crippen molar-refractivity contribution in [3.05, 3.63) is 0 Å². The zero-order valence-corrected chi connectivity index (χ0v) is 8.43. The SMILES string of the molecule is CC1CC[C@@H](C(C)C)[C@H](C)C1. The van der Waals surface area contributed by atoms with Crippen LogP contribution in [-0.2, 0) is 0 Å². The van der Waals surface area contributed by atoms with Crippen LogP contribution in [0.3, 0.4) is 0 Å². The Labute approximate surface area is 71.4 Å². The van der Waals surface area contributed by atoms with Crippen molar-refractivity contribution in [3.8, 4) is 0 Å². The molecule has 1 aliphatic rings. The Morgan fingerprint density at radius 1 is 1.09 bits per heavy atom. The molecule has 0 saturated heterocycles. The van der Waals surface area contributed by atoms with Gasteiger partial charge in [-0.1, -0.05) is 34.1 Å². The lowest BCUT2D eigenvalue weighted by Crippen LogP contribution is -2.25. The zero-order valence-electron chi connectivity index (χ0n) is 8.43. The van der Waals surface area contributed by atoms with E-state index in [0.29, 0.717) is 0 Å². The molecule has 0 aromatic heterocycles. The first kappa shape index (κ1) is 9.09. The number of hydrogen-bond acceptors (Lipinski definition) is 0. The molecule has 1 unspecified atom stereocenters. The van der Waals surface area contributed by atoms with Crippen LogP contribution in [0.2, 0.25) is 0 Å². The van der Waals surface area contributed by atoms with E-state index in [1.807, 2.05) is 0 Å². The molecule has 0 aromatic rings. The van der Waals surface area contributed by atoms with Crippen molar-refractivity contribution in [2.45, 2.75) is 47.0 Å². The molecule has 0 amide bonds. The van der Waals surface area contributed by atoms with Gasteiger partial charge in [0, 0.05) is 0 Å². The van der Waals surface area contributed by atoms with Crippen LogP contribution in [0.5, 0.6) is 0 Å². The van der Waals surface area contributed by atoms with Gasteiger partial charge in [0.25, 0.3) is 0 Å². The van der Waals surface area contributed by atoms with Gasteiger partial charge in [-0.25, -0.2) is 0 Å². The fourth-order valence-corrected chi connectivity index (χ4v) is 2.68.